The quantitative estimate of drug-likeness (QED) is 0.260. The molecule has 0 fully saturated rings. The van der Waals surface area contributed by atoms with Gasteiger partial charge in [0.25, 0.3) is 5.95 Å². The molecule has 2 heterocycles. The van der Waals surface area contributed by atoms with Crippen LogP contribution >= 0.6 is 0 Å². The van der Waals surface area contributed by atoms with Gasteiger partial charge < -0.3 is 10.9 Å². The van der Waals surface area contributed by atoms with Gasteiger partial charge >= 0.3 is 5.69 Å². The molecule has 10 nitrogen and oxygen atoms in total. The molecule has 2 aromatic rings. The summed E-state index contributed by atoms with van der Waals surface area (Å²) in [6.07, 6.45) is 2.25. The van der Waals surface area contributed by atoms with E-state index in [-0.39, 0.29) is 23.2 Å². The van der Waals surface area contributed by atoms with Crippen LogP contribution < -0.4 is 5.73 Å². The van der Waals surface area contributed by atoms with Crippen molar-refractivity contribution in [3.05, 3.63) is 40.0 Å². The van der Waals surface area contributed by atoms with Gasteiger partial charge in [0.05, 0.1) is 4.92 Å². The zero-order chi connectivity index (χ0) is 14.0. The summed E-state index contributed by atoms with van der Waals surface area (Å²) in [6, 6.07) is 1.51. The topological polar surface area (TPSA) is 145 Å². The van der Waals surface area contributed by atoms with Crippen LogP contribution in [0.3, 0.4) is 0 Å². The van der Waals surface area contributed by atoms with Gasteiger partial charge in [-0.2, -0.15) is 9.78 Å². The molecule has 2 rings (SSSR count). The van der Waals surface area contributed by atoms with Gasteiger partial charge in [0.1, 0.15) is 18.1 Å². The second-order valence-corrected chi connectivity index (χ2v) is 3.58. The molecule has 0 saturated heterocycles. The lowest BCUT2D eigenvalue weighted by molar-refractivity contribution is -0.384. The fourth-order valence-corrected chi connectivity index (χ4v) is 1.35. The summed E-state index contributed by atoms with van der Waals surface area (Å²) in [4.78, 5) is 18.1. The monoisotopic (exact) mass is 263 g/mol. The van der Waals surface area contributed by atoms with E-state index in [0.29, 0.717) is 5.69 Å². The standard InChI is InChI=1S/C9H9N7O3/c1-5-2-7(8(10)14-17)13-9(12-5)15-4-6(3-11-15)16(18)19/h2-4,17H,1H3,(H2,10,14). The van der Waals surface area contributed by atoms with E-state index in [9.17, 15) is 10.1 Å². The van der Waals surface area contributed by atoms with Crippen molar-refractivity contribution in [1.82, 2.24) is 19.7 Å². The molecular formula is C9H9N7O3. The van der Waals surface area contributed by atoms with E-state index in [1.165, 1.54) is 12.3 Å². The minimum Gasteiger partial charge on any atom is -0.409 e. The molecule has 0 atom stereocenters. The minimum atomic E-state index is -0.580. The number of hydrogen-bond acceptors (Lipinski definition) is 7. The number of rotatable bonds is 3. The summed E-state index contributed by atoms with van der Waals surface area (Å²) in [5, 5.41) is 25.8. The first-order valence-corrected chi connectivity index (χ1v) is 5.04. The lowest BCUT2D eigenvalue weighted by Crippen LogP contribution is -2.17. The molecule has 0 spiro atoms. The predicted octanol–water partition coefficient (Wildman–Crippen LogP) is -0.0266. The highest BCUT2D eigenvalue weighted by Crippen LogP contribution is 2.11. The van der Waals surface area contributed by atoms with Gasteiger partial charge in [-0.1, -0.05) is 5.16 Å². The first-order chi connectivity index (χ1) is 9.01. The van der Waals surface area contributed by atoms with Crippen LogP contribution in [0.5, 0.6) is 0 Å². The Hall–Kier alpha value is -3.04. The summed E-state index contributed by atoms with van der Waals surface area (Å²) < 4.78 is 1.14. The van der Waals surface area contributed by atoms with E-state index in [4.69, 9.17) is 10.9 Å². The van der Waals surface area contributed by atoms with Crippen molar-refractivity contribution in [1.29, 1.82) is 0 Å². The maximum Gasteiger partial charge on any atom is 0.307 e. The average molecular weight is 263 g/mol. The maximum absolute atomic E-state index is 10.6. The first-order valence-electron chi connectivity index (χ1n) is 5.04. The molecule has 0 unspecified atom stereocenters. The van der Waals surface area contributed by atoms with Crippen LogP contribution in [-0.2, 0) is 0 Å². The highest BCUT2D eigenvalue weighted by molar-refractivity contribution is 5.95. The number of aromatic nitrogens is 4. The number of hydrogen-bond donors (Lipinski definition) is 2. The Balaban J connectivity index is 2.49. The second kappa shape index (κ2) is 4.68. The molecule has 0 amide bonds. The van der Waals surface area contributed by atoms with Crippen LogP contribution in [0, 0.1) is 17.0 Å². The van der Waals surface area contributed by atoms with E-state index >= 15 is 0 Å². The summed E-state index contributed by atoms with van der Waals surface area (Å²) in [7, 11) is 0. The Morgan fingerprint density at radius 2 is 2.32 bits per heavy atom. The van der Waals surface area contributed by atoms with Crippen LogP contribution in [0.25, 0.3) is 5.95 Å². The molecule has 2 aromatic heterocycles. The third kappa shape index (κ3) is 2.46. The highest BCUT2D eigenvalue weighted by Gasteiger charge is 2.13. The maximum atomic E-state index is 10.6. The van der Waals surface area contributed by atoms with Crippen LogP contribution in [0.15, 0.2) is 23.6 Å². The van der Waals surface area contributed by atoms with Crippen LogP contribution in [-0.4, -0.2) is 35.7 Å². The molecule has 0 radical (unpaired) electrons. The fraction of sp³-hybridized carbons (Fsp3) is 0.111. The fourth-order valence-electron chi connectivity index (χ4n) is 1.35. The molecule has 0 saturated carbocycles. The van der Waals surface area contributed by atoms with E-state index in [1.54, 1.807) is 6.92 Å². The van der Waals surface area contributed by atoms with Gasteiger partial charge in [-0.3, -0.25) is 10.1 Å². The molecule has 98 valence electrons. The molecule has 3 N–H and O–H groups in total. The van der Waals surface area contributed by atoms with Gasteiger partial charge in [-0.15, -0.1) is 0 Å². The summed E-state index contributed by atoms with van der Waals surface area (Å²) in [5.41, 5.74) is 5.99. The Kier molecular flexibility index (Phi) is 3.06. The number of nitrogens with two attached hydrogens (primary N) is 1. The summed E-state index contributed by atoms with van der Waals surface area (Å²) in [6.45, 7) is 1.68. The Morgan fingerprint density at radius 3 is 2.89 bits per heavy atom. The molecule has 10 heteroatoms. The van der Waals surface area contributed by atoms with Crippen molar-refractivity contribution in [2.24, 2.45) is 10.9 Å². The number of oxime groups is 1. The van der Waals surface area contributed by atoms with Gasteiger partial charge in [-0.05, 0) is 13.0 Å². The third-order valence-corrected chi connectivity index (χ3v) is 2.20. The molecule has 0 aliphatic heterocycles. The van der Waals surface area contributed by atoms with Crippen molar-refractivity contribution in [3.63, 3.8) is 0 Å². The Bertz CT molecular complexity index is 664. The molecule has 0 aliphatic carbocycles. The van der Waals surface area contributed by atoms with E-state index in [1.807, 2.05) is 0 Å². The molecule has 19 heavy (non-hydrogen) atoms. The Labute approximate surface area is 106 Å². The zero-order valence-electron chi connectivity index (χ0n) is 9.76. The molecular weight excluding hydrogens is 254 g/mol. The SMILES string of the molecule is Cc1cc(/C(N)=N/O)nc(-n2cc([N+](=O)[O-])cn2)n1. The number of nitro groups is 1. The van der Waals surface area contributed by atoms with E-state index < -0.39 is 4.92 Å². The van der Waals surface area contributed by atoms with Crippen molar-refractivity contribution in [2.45, 2.75) is 6.92 Å². The zero-order valence-corrected chi connectivity index (χ0v) is 9.76. The van der Waals surface area contributed by atoms with Crippen LogP contribution in [0.4, 0.5) is 5.69 Å². The van der Waals surface area contributed by atoms with Crippen molar-refractivity contribution in [3.8, 4) is 5.95 Å². The summed E-state index contributed by atoms with van der Waals surface area (Å²) in [5.74, 6) is -0.0943. The minimum absolute atomic E-state index is 0.0923. The van der Waals surface area contributed by atoms with E-state index in [2.05, 4.69) is 20.2 Å². The van der Waals surface area contributed by atoms with Gasteiger partial charge in [0.15, 0.2) is 5.84 Å². The van der Waals surface area contributed by atoms with Gasteiger partial charge in [0.2, 0.25) is 0 Å². The van der Waals surface area contributed by atoms with Crippen LogP contribution in [0.1, 0.15) is 11.4 Å². The normalized spacial score (nSPS) is 11.5. The summed E-state index contributed by atoms with van der Waals surface area (Å²) >= 11 is 0. The number of amidine groups is 1. The highest BCUT2D eigenvalue weighted by atomic mass is 16.6. The second-order valence-electron chi connectivity index (χ2n) is 3.58. The van der Waals surface area contributed by atoms with Crippen molar-refractivity contribution >= 4 is 11.5 Å². The largest absolute Gasteiger partial charge is 0.409 e. The van der Waals surface area contributed by atoms with Gasteiger partial charge in [0, 0.05) is 5.69 Å². The lowest BCUT2D eigenvalue weighted by atomic mass is 10.3. The van der Waals surface area contributed by atoms with Crippen molar-refractivity contribution in [2.75, 3.05) is 0 Å². The Morgan fingerprint density at radius 1 is 1.58 bits per heavy atom. The predicted molar refractivity (Wildman–Crippen MR) is 63.1 cm³/mol. The van der Waals surface area contributed by atoms with Crippen molar-refractivity contribution < 1.29 is 10.1 Å². The smallest absolute Gasteiger partial charge is 0.307 e. The lowest BCUT2D eigenvalue weighted by Gasteiger charge is -2.03. The van der Waals surface area contributed by atoms with E-state index in [0.717, 1.165) is 10.9 Å². The molecule has 0 aliphatic rings. The number of aryl methyl sites for hydroxylation is 1. The average Bonchev–Trinajstić information content (AvgIpc) is 2.86. The van der Waals surface area contributed by atoms with Crippen LogP contribution in [0.2, 0.25) is 0 Å². The molecule has 0 bridgehead atoms. The molecule has 0 aromatic carbocycles. The third-order valence-electron chi connectivity index (χ3n) is 2.20. The first kappa shape index (κ1) is 12.4. The number of nitrogens with zero attached hydrogens (tertiary/aromatic N) is 6. The van der Waals surface area contributed by atoms with Gasteiger partial charge in [-0.25, -0.2) is 9.97 Å².